The maximum Gasteiger partial charge on any atom is 0.341 e. The Morgan fingerprint density at radius 2 is 2.36 bits per heavy atom. The second kappa shape index (κ2) is 4.28. The van der Waals surface area contributed by atoms with Gasteiger partial charge in [0, 0.05) is 0 Å². The molecule has 0 aliphatic carbocycles. The fourth-order valence-corrected chi connectivity index (χ4v) is 1.12. The largest absolute Gasteiger partial charge is 0.463 e. The van der Waals surface area contributed by atoms with Crippen molar-refractivity contribution in [2.75, 3.05) is 6.61 Å². The predicted octanol–water partition coefficient (Wildman–Crippen LogP) is 1.82. The van der Waals surface area contributed by atoms with Gasteiger partial charge in [-0.3, -0.25) is 0 Å². The van der Waals surface area contributed by atoms with Crippen molar-refractivity contribution in [3.8, 4) is 0 Å². The lowest BCUT2D eigenvalue weighted by Crippen LogP contribution is -2.04. The Bertz CT molecular complexity index is 325. The van der Waals surface area contributed by atoms with Gasteiger partial charge in [0.25, 0.3) is 0 Å². The molecule has 0 fully saturated rings. The van der Waals surface area contributed by atoms with Crippen molar-refractivity contribution in [2.24, 2.45) is 0 Å². The van der Waals surface area contributed by atoms with E-state index in [0.29, 0.717) is 23.7 Å². The topological polar surface area (TPSA) is 59.7 Å². The van der Waals surface area contributed by atoms with E-state index in [1.54, 1.807) is 20.8 Å². The van der Waals surface area contributed by atoms with Crippen LogP contribution in [0.1, 0.15) is 41.8 Å². The minimum Gasteiger partial charge on any atom is -0.463 e. The molecule has 0 aliphatic rings. The van der Waals surface area contributed by atoms with Gasteiger partial charge in [-0.2, -0.15) is 0 Å². The minimum atomic E-state index is -0.711. The van der Waals surface area contributed by atoms with Crippen LogP contribution in [0, 0.1) is 6.92 Å². The summed E-state index contributed by atoms with van der Waals surface area (Å²) in [5, 5.41) is 9.23. The third-order valence-corrected chi connectivity index (χ3v) is 1.84. The van der Waals surface area contributed by atoms with Crippen molar-refractivity contribution in [3.63, 3.8) is 0 Å². The molecule has 0 radical (unpaired) electrons. The van der Waals surface area contributed by atoms with Gasteiger partial charge in [0.05, 0.1) is 6.61 Å². The summed E-state index contributed by atoms with van der Waals surface area (Å²) in [5.74, 6) is 0.436. The van der Waals surface area contributed by atoms with Crippen molar-refractivity contribution < 1.29 is 19.1 Å². The second-order valence-electron chi connectivity index (χ2n) is 3.02. The number of carbonyl (C=O) groups excluding carboxylic acids is 1. The molecule has 1 heterocycles. The number of hydrogen-bond acceptors (Lipinski definition) is 4. The smallest absolute Gasteiger partial charge is 0.341 e. The predicted molar refractivity (Wildman–Crippen MR) is 50.0 cm³/mol. The Kier molecular flexibility index (Phi) is 3.30. The van der Waals surface area contributed by atoms with E-state index in [9.17, 15) is 9.90 Å². The van der Waals surface area contributed by atoms with Crippen molar-refractivity contribution >= 4 is 5.97 Å². The lowest BCUT2D eigenvalue weighted by Gasteiger charge is -1.97. The van der Waals surface area contributed by atoms with Crippen LogP contribution in [0.3, 0.4) is 0 Å². The summed E-state index contributed by atoms with van der Waals surface area (Å²) in [6.45, 7) is 5.31. The summed E-state index contributed by atoms with van der Waals surface area (Å²) in [5.41, 5.74) is 0.378. The van der Waals surface area contributed by atoms with Crippen LogP contribution in [0.15, 0.2) is 10.5 Å². The monoisotopic (exact) mass is 198 g/mol. The number of ether oxygens (including phenoxy) is 1. The first-order valence-electron chi connectivity index (χ1n) is 4.51. The maximum absolute atomic E-state index is 11.3. The van der Waals surface area contributed by atoms with Crippen LogP contribution in [0.25, 0.3) is 0 Å². The van der Waals surface area contributed by atoms with Gasteiger partial charge in [-0.05, 0) is 26.8 Å². The normalized spacial score (nSPS) is 12.6. The Morgan fingerprint density at radius 3 is 2.79 bits per heavy atom. The molecule has 78 valence electrons. The molecule has 14 heavy (non-hydrogen) atoms. The average molecular weight is 198 g/mol. The highest BCUT2D eigenvalue weighted by Crippen LogP contribution is 2.20. The molecule has 1 rings (SSSR count). The molecule has 0 saturated heterocycles. The van der Waals surface area contributed by atoms with E-state index >= 15 is 0 Å². The molecule has 4 heteroatoms. The average Bonchev–Trinajstić information content (AvgIpc) is 2.48. The Hall–Kier alpha value is -1.29. The second-order valence-corrected chi connectivity index (χ2v) is 3.02. The minimum absolute atomic E-state index is 0.327. The molecule has 1 aromatic heterocycles. The first-order valence-corrected chi connectivity index (χ1v) is 4.51. The SMILES string of the molecule is CCOC(=O)c1cc(C(C)O)oc1C. The first-order chi connectivity index (χ1) is 6.56. The third kappa shape index (κ3) is 2.14. The summed E-state index contributed by atoms with van der Waals surface area (Å²) in [4.78, 5) is 11.3. The van der Waals surface area contributed by atoms with E-state index in [-0.39, 0.29) is 0 Å². The molecule has 0 aliphatic heterocycles. The van der Waals surface area contributed by atoms with Crippen LogP contribution in [0.4, 0.5) is 0 Å². The summed E-state index contributed by atoms with van der Waals surface area (Å²) in [6.07, 6.45) is -0.711. The molecule has 0 bridgehead atoms. The zero-order valence-corrected chi connectivity index (χ0v) is 8.53. The number of hydrogen-bond donors (Lipinski definition) is 1. The van der Waals surface area contributed by atoms with Crippen LogP contribution in [-0.2, 0) is 4.74 Å². The fourth-order valence-electron chi connectivity index (χ4n) is 1.12. The number of aliphatic hydroxyl groups is 1. The number of furan rings is 1. The number of carbonyl (C=O) groups is 1. The van der Waals surface area contributed by atoms with Crippen LogP contribution in [0.5, 0.6) is 0 Å². The summed E-state index contributed by atoms with van der Waals surface area (Å²) in [7, 11) is 0. The summed E-state index contributed by atoms with van der Waals surface area (Å²) >= 11 is 0. The highest BCUT2D eigenvalue weighted by atomic mass is 16.5. The Morgan fingerprint density at radius 1 is 1.71 bits per heavy atom. The van der Waals surface area contributed by atoms with Crippen molar-refractivity contribution in [2.45, 2.75) is 26.9 Å². The van der Waals surface area contributed by atoms with Gasteiger partial charge in [-0.15, -0.1) is 0 Å². The van der Waals surface area contributed by atoms with Crippen LogP contribution in [0.2, 0.25) is 0 Å². The van der Waals surface area contributed by atoms with Gasteiger partial charge >= 0.3 is 5.97 Å². The quantitative estimate of drug-likeness (QED) is 0.752. The van der Waals surface area contributed by atoms with E-state index in [0.717, 1.165) is 0 Å². The third-order valence-electron chi connectivity index (χ3n) is 1.84. The summed E-state index contributed by atoms with van der Waals surface area (Å²) in [6, 6.07) is 1.51. The molecule has 0 spiro atoms. The number of aliphatic hydroxyl groups excluding tert-OH is 1. The zero-order valence-electron chi connectivity index (χ0n) is 8.53. The number of aryl methyl sites for hydroxylation is 1. The van der Waals surface area contributed by atoms with Crippen molar-refractivity contribution in [1.82, 2.24) is 0 Å². The zero-order chi connectivity index (χ0) is 10.7. The molecular formula is C10H14O4. The van der Waals surface area contributed by atoms with Crippen LogP contribution >= 0.6 is 0 Å². The van der Waals surface area contributed by atoms with Gasteiger partial charge in [-0.1, -0.05) is 0 Å². The van der Waals surface area contributed by atoms with Gasteiger partial charge in [0.15, 0.2) is 0 Å². The number of rotatable bonds is 3. The van der Waals surface area contributed by atoms with E-state index < -0.39 is 12.1 Å². The molecular weight excluding hydrogens is 184 g/mol. The molecule has 0 amide bonds. The first kappa shape index (κ1) is 10.8. The van der Waals surface area contributed by atoms with E-state index in [1.165, 1.54) is 6.07 Å². The standard InChI is InChI=1S/C10H14O4/c1-4-13-10(12)8-5-9(6(2)11)14-7(8)3/h5-6,11H,4H2,1-3H3. The van der Waals surface area contributed by atoms with Gasteiger partial charge < -0.3 is 14.3 Å². The fraction of sp³-hybridized carbons (Fsp3) is 0.500. The number of esters is 1. The molecule has 1 atom stereocenters. The molecule has 1 aromatic rings. The Labute approximate surface area is 82.5 Å². The van der Waals surface area contributed by atoms with E-state index in [1.807, 2.05) is 0 Å². The lowest BCUT2D eigenvalue weighted by atomic mass is 10.2. The van der Waals surface area contributed by atoms with Crippen molar-refractivity contribution in [3.05, 3.63) is 23.2 Å². The van der Waals surface area contributed by atoms with Gasteiger partial charge in [0.1, 0.15) is 23.2 Å². The lowest BCUT2D eigenvalue weighted by molar-refractivity contribution is 0.0524. The maximum atomic E-state index is 11.3. The van der Waals surface area contributed by atoms with E-state index in [4.69, 9.17) is 9.15 Å². The summed E-state index contributed by atoms with van der Waals surface area (Å²) < 4.78 is 10.0. The molecule has 1 unspecified atom stereocenters. The van der Waals surface area contributed by atoms with Crippen molar-refractivity contribution in [1.29, 1.82) is 0 Å². The molecule has 1 N–H and O–H groups in total. The highest BCUT2D eigenvalue weighted by molar-refractivity contribution is 5.90. The highest BCUT2D eigenvalue weighted by Gasteiger charge is 2.17. The van der Waals surface area contributed by atoms with Gasteiger partial charge in [-0.25, -0.2) is 4.79 Å². The molecule has 0 saturated carbocycles. The molecule has 0 aromatic carbocycles. The van der Waals surface area contributed by atoms with Crippen LogP contribution < -0.4 is 0 Å². The molecule has 4 nitrogen and oxygen atoms in total. The Balaban J connectivity index is 2.92. The van der Waals surface area contributed by atoms with Crippen LogP contribution in [-0.4, -0.2) is 17.7 Å². The van der Waals surface area contributed by atoms with E-state index in [2.05, 4.69) is 0 Å². The van der Waals surface area contributed by atoms with Gasteiger partial charge in [0.2, 0.25) is 0 Å².